The van der Waals surface area contributed by atoms with Crippen molar-refractivity contribution < 1.29 is 13.2 Å². The van der Waals surface area contributed by atoms with Gasteiger partial charge in [0.05, 0.1) is 6.54 Å². The predicted octanol–water partition coefficient (Wildman–Crippen LogP) is 3.04. The topological polar surface area (TPSA) is 15.3 Å². The lowest BCUT2D eigenvalue weighted by molar-refractivity contribution is -0.152. The molecule has 1 N–H and O–H groups in total. The van der Waals surface area contributed by atoms with Crippen LogP contribution in [0.25, 0.3) is 0 Å². The molecule has 0 aromatic rings. The first-order valence-corrected chi connectivity index (χ1v) is 6.87. The molecule has 0 bridgehead atoms. The third-order valence-corrected chi connectivity index (χ3v) is 3.60. The van der Waals surface area contributed by atoms with E-state index in [1.807, 2.05) is 20.8 Å². The second-order valence-corrected chi connectivity index (χ2v) is 5.49. The first kappa shape index (κ1) is 15.8. The van der Waals surface area contributed by atoms with Crippen molar-refractivity contribution in [3.05, 3.63) is 0 Å². The number of nitrogens with zero attached hydrogens (tertiary/aromatic N) is 1. The van der Waals surface area contributed by atoms with Crippen LogP contribution in [0.15, 0.2) is 0 Å². The smallest absolute Gasteiger partial charge is 0.314 e. The van der Waals surface area contributed by atoms with Crippen molar-refractivity contribution in [2.24, 2.45) is 5.92 Å². The zero-order chi connectivity index (χ0) is 13.8. The van der Waals surface area contributed by atoms with E-state index in [-0.39, 0.29) is 12.0 Å². The average Bonchev–Trinajstić information content (AvgIpc) is 3.06. The van der Waals surface area contributed by atoms with Gasteiger partial charge in [-0.25, -0.2) is 0 Å². The minimum atomic E-state index is -4.10. The lowest BCUT2D eigenvalue weighted by Gasteiger charge is -2.33. The van der Waals surface area contributed by atoms with Gasteiger partial charge in [-0.15, -0.1) is 0 Å². The Balaban J connectivity index is 2.42. The molecule has 0 saturated heterocycles. The summed E-state index contributed by atoms with van der Waals surface area (Å²) in [4.78, 5) is 1.55. The highest BCUT2D eigenvalue weighted by molar-refractivity contribution is 4.83. The lowest BCUT2D eigenvalue weighted by Crippen LogP contribution is -2.46. The summed E-state index contributed by atoms with van der Waals surface area (Å²) in [6, 6.07) is 0.569. The summed E-state index contributed by atoms with van der Waals surface area (Å²) in [7, 11) is 0. The molecule has 0 aromatic heterocycles. The average molecular weight is 266 g/mol. The van der Waals surface area contributed by atoms with Crippen molar-refractivity contribution >= 4 is 0 Å². The fraction of sp³-hybridized carbons (Fsp3) is 1.00. The number of hydrogen-bond donors (Lipinski definition) is 1. The van der Waals surface area contributed by atoms with Gasteiger partial charge in [0.25, 0.3) is 0 Å². The van der Waals surface area contributed by atoms with Gasteiger partial charge in [-0.1, -0.05) is 13.8 Å². The van der Waals surface area contributed by atoms with Gasteiger partial charge in [-0.3, -0.25) is 4.90 Å². The van der Waals surface area contributed by atoms with Crippen LogP contribution in [0.3, 0.4) is 0 Å². The van der Waals surface area contributed by atoms with Crippen LogP contribution in [-0.2, 0) is 0 Å². The van der Waals surface area contributed by atoms with Gasteiger partial charge in [0.1, 0.15) is 0 Å². The van der Waals surface area contributed by atoms with Gasteiger partial charge >= 0.3 is 6.18 Å². The SMILES string of the molecule is CCCN(CC(F)(F)F)C(C)C(C)CNC1CC1. The Morgan fingerprint density at radius 3 is 2.33 bits per heavy atom. The van der Waals surface area contributed by atoms with Crippen molar-refractivity contribution in [3.63, 3.8) is 0 Å². The summed E-state index contributed by atoms with van der Waals surface area (Å²) in [5.41, 5.74) is 0. The zero-order valence-electron chi connectivity index (χ0n) is 11.6. The normalized spacial score (nSPS) is 20.2. The number of halogens is 3. The Hall–Kier alpha value is -0.290. The summed E-state index contributed by atoms with van der Waals surface area (Å²) in [5.74, 6) is 0.236. The van der Waals surface area contributed by atoms with Crippen LogP contribution in [0, 0.1) is 5.92 Å². The van der Waals surface area contributed by atoms with Crippen molar-refractivity contribution in [1.82, 2.24) is 10.2 Å². The minimum absolute atomic E-state index is 0.0437. The highest BCUT2D eigenvalue weighted by Gasteiger charge is 2.33. The molecule has 0 aromatic carbocycles. The largest absolute Gasteiger partial charge is 0.401 e. The molecule has 2 atom stereocenters. The second kappa shape index (κ2) is 6.75. The van der Waals surface area contributed by atoms with Crippen LogP contribution in [0.1, 0.15) is 40.0 Å². The zero-order valence-corrected chi connectivity index (χ0v) is 11.6. The molecule has 2 unspecified atom stereocenters. The van der Waals surface area contributed by atoms with Gasteiger partial charge in [-0.2, -0.15) is 13.2 Å². The lowest BCUT2D eigenvalue weighted by atomic mass is 10.0. The van der Waals surface area contributed by atoms with E-state index in [4.69, 9.17) is 0 Å². The molecule has 0 radical (unpaired) electrons. The molecule has 0 spiro atoms. The molecule has 0 heterocycles. The van der Waals surface area contributed by atoms with E-state index in [9.17, 15) is 13.2 Å². The minimum Gasteiger partial charge on any atom is -0.314 e. The fourth-order valence-electron chi connectivity index (χ4n) is 2.11. The molecule has 108 valence electrons. The van der Waals surface area contributed by atoms with Crippen LogP contribution in [0.2, 0.25) is 0 Å². The Bertz CT molecular complexity index is 239. The Morgan fingerprint density at radius 2 is 1.89 bits per heavy atom. The molecule has 1 fully saturated rings. The van der Waals surface area contributed by atoms with Crippen LogP contribution in [0.5, 0.6) is 0 Å². The monoisotopic (exact) mass is 266 g/mol. The molecule has 1 aliphatic carbocycles. The van der Waals surface area contributed by atoms with E-state index in [1.54, 1.807) is 4.90 Å². The third kappa shape index (κ3) is 6.05. The van der Waals surface area contributed by atoms with Crippen molar-refractivity contribution in [1.29, 1.82) is 0 Å². The van der Waals surface area contributed by atoms with Gasteiger partial charge in [0, 0.05) is 12.1 Å². The molecular formula is C13H25F3N2. The molecule has 18 heavy (non-hydrogen) atoms. The molecule has 5 heteroatoms. The quantitative estimate of drug-likeness (QED) is 0.726. The highest BCUT2D eigenvalue weighted by atomic mass is 19.4. The fourth-order valence-corrected chi connectivity index (χ4v) is 2.11. The summed E-state index contributed by atoms with van der Waals surface area (Å²) < 4.78 is 37.6. The standard InChI is InChI=1S/C13H25F3N2/c1-4-7-18(9-13(14,15)16)11(3)10(2)8-17-12-5-6-12/h10-12,17H,4-9H2,1-3H3. The van der Waals surface area contributed by atoms with Crippen LogP contribution >= 0.6 is 0 Å². The molecule has 0 aliphatic heterocycles. The Labute approximate surface area is 108 Å². The van der Waals surface area contributed by atoms with Gasteiger partial charge in [0.15, 0.2) is 0 Å². The van der Waals surface area contributed by atoms with E-state index in [2.05, 4.69) is 5.32 Å². The maximum Gasteiger partial charge on any atom is 0.401 e. The van der Waals surface area contributed by atoms with Crippen molar-refractivity contribution in [2.45, 2.75) is 58.3 Å². The van der Waals surface area contributed by atoms with Crippen LogP contribution in [0.4, 0.5) is 13.2 Å². The summed E-state index contributed by atoms with van der Waals surface area (Å²) in [6.07, 6.45) is -0.930. The van der Waals surface area contributed by atoms with E-state index >= 15 is 0 Å². The van der Waals surface area contributed by atoms with Crippen LogP contribution in [-0.4, -0.2) is 42.8 Å². The first-order valence-electron chi connectivity index (χ1n) is 6.87. The van der Waals surface area contributed by atoms with E-state index in [0.717, 1.165) is 13.0 Å². The maximum absolute atomic E-state index is 12.5. The van der Waals surface area contributed by atoms with E-state index < -0.39 is 12.7 Å². The van der Waals surface area contributed by atoms with Crippen molar-refractivity contribution in [2.75, 3.05) is 19.6 Å². The maximum atomic E-state index is 12.5. The number of rotatable bonds is 8. The highest BCUT2D eigenvalue weighted by Crippen LogP contribution is 2.22. The second-order valence-electron chi connectivity index (χ2n) is 5.49. The summed E-state index contributed by atoms with van der Waals surface area (Å²) in [6.45, 7) is 6.37. The summed E-state index contributed by atoms with van der Waals surface area (Å²) >= 11 is 0. The molecule has 0 amide bonds. The number of hydrogen-bond acceptors (Lipinski definition) is 2. The van der Waals surface area contributed by atoms with E-state index in [0.29, 0.717) is 12.6 Å². The molecule has 2 nitrogen and oxygen atoms in total. The Kier molecular flexibility index (Phi) is 5.92. The molecular weight excluding hydrogens is 241 g/mol. The van der Waals surface area contributed by atoms with Crippen molar-refractivity contribution in [3.8, 4) is 0 Å². The predicted molar refractivity (Wildman–Crippen MR) is 67.6 cm³/mol. The first-order chi connectivity index (χ1) is 8.33. The third-order valence-electron chi connectivity index (χ3n) is 3.60. The van der Waals surface area contributed by atoms with Crippen LogP contribution < -0.4 is 5.32 Å². The molecule has 1 saturated carbocycles. The van der Waals surface area contributed by atoms with Gasteiger partial charge in [-0.05, 0) is 45.2 Å². The van der Waals surface area contributed by atoms with E-state index in [1.165, 1.54) is 12.8 Å². The Morgan fingerprint density at radius 1 is 1.28 bits per heavy atom. The van der Waals surface area contributed by atoms with Gasteiger partial charge < -0.3 is 5.32 Å². The molecule has 1 aliphatic rings. The van der Waals surface area contributed by atoms with Gasteiger partial charge in [0.2, 0.25) is 0 Å². The number of alkyl halides is 3. The number of nitrogens with one attached hydrogen (secondary N) is 1. The molecule has 1 rings (SSSR count). The summed E-state index contributed by atoms with van der Waals surface area (Å²) in [5, 5.41) is 3.39.